The van der Waals surface area contributed by atoms with Gasteiger partial charge in [-0.1, -0.05) is 41.9 Å². The molecule has 2 aromatic carbocycles. The summed E-state index contributed by atoms with van der Waals surface area (Å²) >= 11 is 6.30. The number of carbonyl (C=O) groups excluding carboxylic acids is 2. The maximum atomic E-state index is 13.3. The number of aromatic nitrogens is 3. The number of fused-ring (bicyclic) bond motifs is 2. The van der Waals surface area contributed by atoms with Crippen LogP contribution in [0.3, 0.4) is 0 Å². The lowest BCUT2D eigenvalue weighted by Gasteiger charge is -2.45. The second-order valence-electron chi connectivity index (χ2n) is 9.15. The number of aromatic amines is 1. The number of carbonyl (C=O) groups is 2. The van der Waals surface area contributed by atoms with Gasteiger partial charge in [-0.2, -0.15) is 5.10 Å². The zero-order valence-corrected chi connectivity index (χ0v) is 19.8. The van der Waals surface area contributed by atoms with E-state index in [0.29, 0.717) is 37.6 Å². The van der Waals surface area contributed by atoms with Crippen LogP contribution in [-0.4, -0.2) is 68.1 Å². The van der Waals surface area contributed by atoms with Gasteiger partial charge in [-0.25, -0.2) is 4.68 Å². The first-order chi connectivity index (χ1) is 17.1. The van der Waals surface area contributed by atoms with Gasteiger partial charge < -0.3 is 15.2 Å². The second-order valence-corrected chi connectivity index (χ2v) is 9.56. The molecular formula is C26H25ClN6O2. The molecule has 0 aliphatic carbocycles. The first kappa shape index (κ1) is 21.9. The molecule has 2 amide bonds. The monoisotopic (exact) mass is 488 g/mol. The van der Waals surface area contributed by atoms with Crippen molar-refractivity contribution in [3.63, 3.8) is 0 Å². The zero-order valence-electron chi connectivity index (χ0n) is 19.0. The van der Waals surface area contributed by atoms with E-state index in [-0.39, 0.29) is 11.8 Å². The number of para-hydroxylation sites is 2. The normalized spacial score (nSPS) is 20.8. The van der Waals surface area contributed by atoms with Crippen LogP contribution < -0.4 is 5.32 Å². The van der Waals surface area contributed by atoms with Gasteiger partial charge in [0.2, 0.25) is 11.8 Å². The minimum atomic E-state index is -0.543. The Balaban J connectivity index is 1.12. The Morgan fingerprint density at radius 2 is 1.89 bits per heavy atom. The highest BCUT2D eigenvalue weighted by Gasteiger charge is 2.43. The van der Waals surface area contributed by atoms with Crippen LogP contribution in [0.1, 0.15) is 11.1 Å². The molecule has 4 aromatic rings. The Morgan fingerprint density at radius 1 is 1.06 bits per heavy atom. The summed E-state index contributed by atoms with van der Waals surface area (Å²) < 4.78 is 1.76. The third kappa shape index (κ3) is 4.09. The van der Waals surface area contributed by atoms with Crippen molar-refractivity contribution in [1.29, 1.82) is 0 Å². The highest BCUT2D eigenvalue weighted by atomic mass is 35.5. The van der Waals surface area contributed by atoms with Crippen molar-refractivity contribution in [3.05, 3.63) is 83.3 Å². The quantitative estimate of drug-likeness (QED) is 0.452. The van der Waals surface area contributed by atoms with Crippen LogP contribution in [0.15, 0.2) is 67.1 Å². The van der Waals surface area contributed by atoms with Gasteiger partial charge in [0.15, 0.2) is 0 Å². The molecule has 2 aliphatic rings. The molecule has 8 nitrogen and oxygen atoms in total. The van der Waals surface area contributed by atoms with Crippen molar-refractivity contribution in [1.82, 2.24) is 29.9 Å². The number of nitrogens with one attached hydrogen (secondary N) is 2. The minimum absolute atomic E-state index is 0.00827. The van der Waals surface area contributed by atoms with Crippen molar-refractivity contribution >= 4 is 34.3 Å². The number of hydrogen-bond donors (Lipinski definition) is 2. The van der Waals surface area contributed by atoms with Crippen LogP contribution in [-0.2, 0) is 22.6 Å². The van der Waals surface area contributed by atoms with Gasteiger partial charge in [0.25, 0.3) is 0 Å². The third-order valence-electron chi connectivity index (χ3n) is 6.91. The summed E-state index contributed by atoms with van der Waals surface area (Å²) in [5.41, 5.74) is 3.91. The van der Waals surface area contributed by atoms with Crippen LogP contribution in [0, 0.1) is 0 Å². The Kier molecular flexibility index (Phi) is 5.54. The lowest BCUT2D eigenvalue weighted by atomic mass is 9.98. The van der Waals surface area contributed by atoms with E-state index in [4.69, 9.17) is 11.6 Å². The molecule has 0 unspecified atom stereocenters. The van der Waals surface area contributed by atoms with Crippen LogP contribution in [0.2, 0.25) is 5.02 Å². The number of hydrogen-bond acceptors (Lipinski definition) is 4. The van der Waals surface area contributed by atoms with E-state index in [9.17, 15) is 9.59 Å². The van der Waals surface area contributed by atoms with Gasteiger partial charge in [-0.3, -0.25) is 14.5 Å². The predicted molar refractivity (Wildman–Crippen MR) is 133 cm³/mol. The summed E-state index contributed by atoms with van der Waals surface area (Å²) in [6, 6.07) is 14.5. The molecule has 2 aliphatic heterocycles. The van der Waals surface area contributed by atoms with Gasteiger partial charge in [0.05, 0.1) is 16.9 Å². The number of benzene rings is 2. The Labute approximate surface area is 207 Å². The first-order valence-electron chi connectivity index (χ1n) is 11.7. The van der Waals surface area contributed by atoms with Gasteiger partial charge in [0.1, 0.15) is 12.1 Å². The van der Waals surface area contributed by atoms with Gasteiger partial charge in [-0.05, 0) is 23.8 Å². The van der Waals surface area contributed by atoms with E-state index < -0.39 is 12.1 Å². The first-order valence-corrected chi connectivity index (χ1v) is 12.1. The van der Waals surface area contributed by atoms with Crippen LogP contribution >= 0.6 is 11.6 Å². The summed E-state index contributed by atoms with van der Waals surface area (Å²) in [6.45, 7) is 2.37. The van der Waals surface area contributed by atoms with E-state index in [1.54, 1.807) is 9.58 Å². The van der Waals surface area contributed by atoms with Gasteiger partial charge >= 0.3 is 0 Å². The maximum absolute atomic E-state index is 13.3. The molecule has 9 heteroatoms. The van der Waals surface area contributed by atoms with Crippen molar-refractivity contribution in [2.24, 2.45) is 0 Å². The van der Waals surface area contributed by atoms with Crippen LogP contribution in [0.4, 0.5) is 0 Å². The summed E-state index contributed by atoms with van der Waals surface area (Å²) in [5.74, 6) is -0.100. The molecule has 178 valence electrons. The Morgan fingerprint density at radius 3 is 2.77 bits per heavy atom. The molecule has 2 N–H and O–H groups in total. The van der Waals surface area contributed by atoms with Crippen molar-refractivity contribution in [2.75, 3.05) is 19.6 Å². The van der Waals surface area contributed by atoms with Crippen molar-refractivity contribution in [3.8, 4) is 5.69 Å². The second kappa shape index (κ2) is 8.87. The third-order valence-corrected chi connectivity index (χ3v) is 7.22. The minimum Gasteiger partial charge on any atom is -0.361 e. The van der Waals surface area contributed by atoms with E-state index >= 15 is 0 Å². The summed E-state index contributed by atoms with van der Waals surface area (Å²) in [7, 11) is 0. The molecule has 6 rings (SSSR count). The topological polar surface area (TPSA) is 86.3 Å². The van der Waals surface area contributed by atoms with Crippen molar-refractivity contribution in [2.45, 2.75) is 25.0 Å². The SMILES string of the molecule is O=C1N[C@@H](Cc2c[nH]c3ccccc23)C(=O)N2CCN(Cc3cnn(-c4ccccc4Cl)c3)C[C@H]12. The molecule has 4 heterocycles. The highest BCUT2D eigenvalue weighted by molar-refractivity contribution is 6.32. The fourth-order valence-electron chi connectivity index (χ4n) is 5.13. The lowest BCUT2D eigenvalue weighted by Crippen LogP contribution is -2.69. The average Bonchev–Trinajstić information content (AvgIpc) is 3.50. The number of halogens is 1. The van der Waals surface area contributed by atoms with E-state index in [2.05, 4.69) is 20.3 Å². The molecule has 35 heavy (non-hydrogen) atoms. The molecule has 2 aromatic heterocycles. The summed E-state index contributed by atoms with van der Waals surface area (Å²) in [6.07, 6.45) is 6.18. The van der Waals surface area contributed by atoms with E-state index in [1.165, 1.54) is 0 Å². The van der Waals surface area contributed by atoms with Crippen LogP contribution in [0.5, 0.6) is 0 Å². The van der Waals surface area contributed by atoms with E-state index in [0.717, 1.165) is 27.7 Å². The molecule has 0 spiro atoms. The number of piperazine rings is 2. The average molecular weight is 489 g/mol. The predicted octanol–water partition coefficient (Wildman–Crippen LogP) is 2.76. The lowest BCUT2D eigenvalue weighted by molar-refractivity contribution is -0.153. The highest BCUT2D eigenvalue weighted by Crippen LogP contribution is 2.24. The number of nitrogens with zero attached hydrogens (tertiary/aromatic N) is 4. The zero-order chi connectivity index (χ0) is 23.9. The Bertz CT molecular complexity index is 1410. The van der Waals surface area contributed by atoms with E-state index in [1.807, 2.05) is 67.1 Å². The maximum Gasteiger partial charge on any atom is 0.246 e. The smallest absolute Gasteiger partial charge is 0.246 e. The Hall–Kier alpha value is -3.62. The molecule has 2 saturated heterocycles. The van der Waals surface area contributed by atoms with Crippen LogP contribution in [0.25, 0.3) is 16.6 Å². The molecule has 2 fully saturated rings. The van der Waals surface area contributed by atoms with Gasteiger partial charge in [-0.15, -0.1) is 0 Å². The fourth-order valence-corrected chi connectivity index (χ4v) is 5.35. The van der Waals surface area contributed by atoms with Crippen molar-refractivity contribution < 1.29 is 9.59 Å². The molecule has 0 radical (unpaired) electrons. The summed E-state index contributed by atoms with van der Waals surface area (Å²) in [4.78, 5) is 33.5. The van der Waals surface area contributed by atoms with Gasteiger partial charge in [0, 0.05) is 61.5 Å². The largest absolute Gasteiger partial charge is 0.361 e. The number of rotatable bonds is 5. The molecule has 2 atom stereocenters. The molecular weight excluding hydrogens is 464 g/mol. The number of H-pyrrole nitrogens is 1. The standard InChI is InChI=1S/C26H25ClN6O2/c27-20-6-2-4-8-23(20)33-15-17(12-29-33)14-31-9-10-32-24(16-31)25(34)30-22(26(32)35)11-18-13-28-21-7-3-1-5-19(18)21/h1-8,12-13,15,22,24,28H,9-11,14,16H2,(H,30,34)/t22-,24+/m0/s1. The number of amides is 2. The fraction of sp³-hybridized carbons (Fsp3) is 0.269. The molecule has 0 bridgehead atoms. The summed E-state index contributed by atoms with van der Waals surface area (Å²) in [5, 5.41) is 9.15. The molecule has 0 saturated carbocycles.